The van der Waals surface area contributed by atoms with E-state index >= 15 is 0 Å². The van der Waals surface area contributed by atoms with Crippen LogP contribution in [0.4, 0.5) is 28.8 Å². The Morgan fingerprint density at radius 2 is 1.95 bits per heavy atom. The molecule has 4 N–H and O–H groups in total. The maximum Gasteiger partial charge on any atom is 0.247 e. The number of methoxy groups -OCH3 is 1. The van der Waals surface area contributed by atoms with Crippen LogP contribution in [0.3, 0.4) is 0 Å². The van der Waals surface area contributed by atoms with Gasteiger partial charge in [0.1, 0.15) is 5.75 Å². The van der Waals surface area contributed by atoms with E-state index in [9.17, 15) is 4.79 Å². The first kappa shape index (κ1) is 25.5. The van der Waals surface area contributed by atoms with E-state index in [0.717, 1.165) is 29.7 Å². The summed E-state index contributed by atoms with van der Waals surface area (Å²) in [6, 6.07) is 13.1. The quantitative estimate of drug-likeness (QED) is 0.281. The number of nitrogens with one attached hydrogen (secondary N) is 2. The monoisotopic (exact) mass is 501 g/mol. The standard InChI is InChI=1S/C26H31N9O2/c1-6-24(36)29-18-15-19(22(37-5)16-21(18)34(4)14-13-33(2)3)30-26-28-12-11-23(31-26)35-20-10-8-7-9-17(20)25(27)32-35/h6-12,15-16H,1,13-14H2,2-5H3,(H2,27,32)(H,29,36)(H,28,30,31). The molecule has 37 heavy (non-hydrogen) atoms. The molecule has 0 bridgehead atoms. The zero-order chi connectivity index (χ0) is 26.5. The predicted octanol–water partition coefficient (Wildman–Crippen LogP) is 3.27. The second kappa shape index (κ2) is 11.0. The van der Waals surface area contributed by atoms with Crippen LogP contribution >= 0.6 is 0 Å². The third-order valence-electron chi connectivity index (χ3n) is 5.78. The summed E-state index contributed by atoms with van der Waals surface area (Å²) < 4.78 is 7.35. The lowest BCUT2D eigenvalue weighted by Crippen LogP contribution is -2.29. The van der Waals surface area contributed by atoms with Crippen LogP contribution in [0.5, 0.6) is 5.75 Å². The fourth-order valence-corrected chi connectivity index (χ4v) is 3.82. The zero-order valence-electron chi connectivity index (χ0n) is 21.4. The third kappa shape index (κ3) is 5.62. The molecule has 0 aliphatic heterocycles. The van der Waals surface area contributed by atoms with Crippen molar-refractivity contribution in [1.82, 2.24) is 24.6 Å². The number of nitrogens with two attached hydrogens (primary N) is 1. The maximum absolute atomic E-state index is 12.2. The van der Waals surface area contributed by atoms with Crippen LogP contribution in [0.25, 0.3) is 16.7 Å². The van der Waals surface area contributed by atoms with Gasteiger partial charge in [-0.1, -0.05) is 18.7 Å². The van der Waals surface area contributed by atoms with E-state index in [2.05, 4.69) is 42.1 Å². The maximum atomic E-state index is 12.2. The van der Waals surface area contributed by atoms with Crippen LogP contribution in [0.2, 0.25) is 0 Å². The summed E-state index contributed by atoms with van der Waals surface area (Å²) >= 11 is 0. The van der Waals surface area contributed by atoms with E-state index in [1.807, 2.05) is 51.5 Å². The summed E-state index contributed by atoms with van der Waals surface area (Å²) in [6.07, 6.45) is 2.86. The molecule has 2 aromatic carbocycles. The van der Waals surface area contributed by atoms with Gasteiger partial charge in [0.25, 0.3) is 0 Å². The van der Waals surface area contributed by atoms with Crippen molar-refractivity contribution in [3.63, 3.8) is 0 Å². The minimum Gasteiger partial charge on any atom is -0.494 e. The summed E-state index contributed by atoms with van der Waals surface area (Å²) in [5, 5.41) is 11.4. The van der Waals surface area contributed by atoms with Crippen LogP contribution in [0.15, 0.2) is 61.3 Å². The normalized spacial score (nSPS) is 10.9. The number of nitrogen functional groups attached to an aromatic ring is 1. The van der Waals surface area contributed by atoms with Crippen LogP contribution in [0.1, 0.15) is 0 Å². The lowest BCUT2D eigenvalue weighted by molar-refractivity contribution is -0.111. The topological polar surface area (TPSA) is 126 Å². The summed E-state index contributed by atoms with van der Waals surface area (Å²) in [5.41, 5.74) is 8.91. The molecule has 0 saturated carbocycles. The third-order valence-corrected chi connectivity index (χ3v) is 5.78. The Morgan fingerprint density at radius 1 is 1.16 bits per heavy atom. The molecular formula is C26H31N9O2. The van der Waals surface area contributed by atoms with Gasteiger partial charge in [0.05, 0.1) is 29.7 Å². The fraction of sp³-hybridized carbons (Fsp3) is 0.231. The zero-order valence-corrected chi connectivity index (χ0v) is 21.4. The highest BCUT2D eigenvalue weighted by molar-refractivity contribution is 6.02. The molecule has 0 atom stereocenters. The van der Waals surface area contributed by atoms with Crippen molar-refractivity contribution in [2.24, 2.45) is 0 Å². The predicted molar refractivity (Wildman–Crippen MR) is 148 cm³/mol. The number of aromatic nitrogens is 4. The molecule has 0 spiro atoms. The molecule has 0 radical (unpaired) electrons. The number of fused-ring (bicyclic) bond motifs is 1. The molecule has 0 saturated heterocycles. The highest BCUT2D eigenvalue weighted by Gasteiger charge is 2.17. The number of hydrogen-bond donors (Lipinski definition) is 3. The van der Waals surface area contributed by atoms with Crippen molar-refractivity contribution < 1.29 is 9.53 Å². The Bertz CT molecular complexity index is 1430. The lowest BCUT2D eigenvalue weighted by atomic mass is 10.2. The SMILES string of the molecule is C=CC(=O)Nc1cc(Nc2nccc(-n3nc(N)c4ccccc43)n2)c(OC)cc1N(C)CCN(C)C. The Kier molecular flexibility index (Phi) is 7.54. The molecule has 11 heteroatoms. The molecule has 11 nitrogen and oxygen atoms in total. The first-order valence-electron chi connectivity index (χ1n) is 11.7. The summed E-state index contributed by atoms with van der Waals surface area (Å²) in [7, 11) is 7.57. The van der Waals surface area contributed by atoms with E-state index in [4.69, 9.17) is 10.5 Å². The molecule has 0 unspecified atom stereocenters. The molecule has 0 aliphatic rings. The number of anilines is 5. The number of ether oxygens (including phenoxy) is 1. The average molecular weight is 502 g/mol. The van der Waals surface area contributed by atoms with Crippen molar-refractivity contribution in [3.05, 3.63) is 61.3 Å². The van der Waals surface area contributed by atoms with E-state index < -0.39 is 0 Å². The summed E-state index contributed by atoms with van der Waals surface area (Å²) in [6.45, 7) is 5.14. The first-order valence-corrected chi connectivity index (χ1v) is 11.7. The van der Waals surface area contributed by atoms with Gasteiger partial charge in [-0.3, -0.25) is 4.79 Å². The second-order valence-electron chi connectivity index (χ2n) is 8.67. The van der Waals surface area contributed by atoms with Crippen molar-refractivity contribution in [3.8, 4) is 11.6 Å². The van der Waals surface area contributed by atoms with Crippen LogP contribution in [-0.4, -0.2) is 71.9 Å². The van der Waals surface area contributed by atoms with Crippen molar-refractivity contribution >= 4 is 45.6 Å². The van der Waals surface area contributed by atoms with Gasteiger partial charge in [-0.15, -0.1) is 5.10 Å². The Labute approximate surface area is 215 Å². The molecule has 4 rings (SSSR count). The van der Waals surface area contributed by atoms with Gasteiger partial charge in [0.15, 0.2) is 11.6 Å². The Hall–Kier alpha value is -4.64. The van der Waals surface area contributed by atoms with Crippen LogP contribution in [-0.2, 0) is 4.79 Å². The van der Waals surface area contributed by atoms with Crippen LogP contribution in [0, 0.1) is 0 Å². The smallest absolute Gasteiger partial charge is 0.247 e. The molecule has 2 heterocycles. The average Bonchev–Trinajstić information content (AvgIpc) is 3.24. The molecule has 192 valence electrons. The Balaban J connectivity index is 1.71. The van der Waals surface area contributed by atoms with Gasteiger partial charge in [-0.05, 0) is 38.4 Å². The number of carbonyl (C=O) groups is 1. The molecule has 0 aliphatic carbocycles. The van der Waals surface area contributed by atoms with E-state index in [1.54, 1.807) is 30.1 Å². The van der Waals surface area contributed by atoms with E-state index in [-0.39, 0.29) is 5.91 Å². The second-order valence-corrected chi connectivity index (χ2v) is 8.67. The first-order chi connectivity index (χ1) is 17.8. The number of para-hydroxylation sites is 1. The lowest BCUT2D eigenvalue weighted by Gasteiger charge is -2.26. The highest BCUT2D eigenvalue weighted by atomic mass is 16.5. The molecule has 4 aromatic rings. The number of hydrogen-bond acceptors (Lipinski definition) is 9. The number of carbonyl (C=O) groups excluding carboxylic acids is 1. The van der Waals surface area contributed by atoms with Gasteiger partial charge in [-0.25, -0.2) is 9.67 Å². The van der Waals surface area contributed by atoms with Gasteiger partial charge < -0.3 is 30.9 Å². The molecular weight excluding hydrogens is 470 g/mol. The van der Waals surface area contributed by atoms with E-state index in [1.165, 1.54) is 6.08 Å². The van der Waals surface area contributed by atoms with Gasteiger partial charge in [0.2, 0.25) is 11.9 Å². The highest BCUT2D eigenvalue weighted by Crippen LogP contribution is 2.38. The van der Waals surface area contributed by atoms with Crippen molar-refractivity contribution in [2.45, 2.75) is 0 Å². The van der Waals surface area contributed by atoms with Crippen molar-refractivity contribution in [1.29, 1.82) is 0 Å². The number of rotatable bonds is 10. The van der Waals surface area contributed by atoms with Gasteiger partial charge >= 0.3 is 0 Å². The largest absolute Gasteiger partial charge is 0.494 e. The molecule has 0 fully saturated rings. The number of likely N-dealkylation sites (N-methyl/N-ethyl adjacent to an activating group) is 2. The number of amides is 1. The molecule has 1 amide bonds. The molecule has 2 aromatic heterocycles. The fourth-order valence-electron chi connectivity index (χ4n) is 3.82. The number of nitrogens with zero attached hydrogens (tertiary/aromatic N) is 6. The van der Waals surface area contributed by atoms with Gasteiger partial charge in [0, 0.05) is 43.9 Å². The minimum atomic E-state index is -0.320. The Morgan fingerprint density at radius 3 is 2.68 bits per heavy atom. The number of benzene rings is 2. The summed E-state index contributed by atoms with van der Waals surface area (Å²) in [5.74, 6) is 1.53. The minimum absolute atomic E-state index is 0.320. The van der Waals surface area contributed by atoms with E-state index in [0.29, 0.717) is 34.7 Å². The van der Waals surface area contributed by atoms with Crippen molar-refractivity contribution in [2.75, 3.05) is 62.6 Å². The van der Waals surface area contributed by atoms with Crippen LogP contribution < -0.4 is 26.0 Å². The summed E-state index contributed by atoms with van der Waals surface area (Å²) in [4.78, 5) is 25.3. The van der Waals surface area contributed by atoms with Gasteiger partial charge in [-0.2, -0.15) is 4.98 Å².